The Bertz CT molecular complexity index is 681. The minimum atomic E-state index is -3.65. The van der Waals surface area contributed by atoms with Crippen LogP contribution in [0.25, 0.3) is 0 Å². The number of benzene rings is 1. The molecule has 7 heteroatoms. The molecule has 6 nitrogen and oxygen atoms in total. The zero-order valence-corrected chi connectivity index (χ0v) is 14.7. The van der Waals surface area contributed by atoms with E-state index in [1.165, 1.54) is 4.31 Å². The van der Waals surface area contributed by atoms with Crippen molar-refractivity contribution in [1.82, 2.24) is 9.62 Å². The van der Waals surface area contributed by atoms with Crippen molar-refractivity contribution in [2.45, 2.75) is 49.6 Å². The van der Waals surface area contributed by atoms with Gasteiger partial charge in [0.15, 0.2) is 0 Å². The summed E-state index contributed by atoms with van der Waals surface area (Å²) in [4.78, 5) is 12.7. The zero-order chi connectivity index (χ0) is 17.2. The topological polar surface area (TPSA) is 75.7 Å². The molecule has 1 aromatic carbocycles. The van der Waals surface area contributed by atoms with Crippen LogP contribution >= 0.6 is 0 Å². The van der Waals surface area contributed by atoms with Gasteiger partial charge in [-0.25, -0.2) is 8.42 Å². The van der Waals surface area contributed by atoms with Crippen LogP contribution in [0.2, 0.25) is 0 Å². The Kier molecular flexibility index (Phi) is 5.22. The zero-order valence-electron chi connectivity index (χ0n) is 13.9. The predicted molar refractivity (Wildman–Crippen MR) is 90.1 cm³/mol. The summed E-state index contributed by atoms with van der Waals surface area (Å²) in [6, 6.07) is 6.12. The largest absolute Gasteiger partial charge is 0.376 e. The first-order chi connectivity index (χ1) is 11.5. The second kappa shape index (κ2) is 7.21. The van der Waals surface area contributed by atoms with Crippen molar-refractivity contribution in [3.05, 3.63) is 29.8 Å². The van der Waals surface area contributed by atoms with Crippen molar-refractivity contribution in [2.24, 2.45) is 0 Å². The molecule has 2 saturated heterocycles. The summed E-state index contributed by atoms with van der Waals surface area (Å²) in [7, 11) is -3.65. The predicted octanol–water partition coefficient (Wildman–Crippen LogP) is 1.44. The Labute approximate surface area is 143 Å². The number of ether oxygens (including phenoxy) is 1. The van der Waals surface area contributed by atoms with Crippen LogP contribution in [-0.2, 0) is 19.6 Å². The average Bonchev–Trinajstić information content (AvgIpc) is 3.24. The maximum Gasteiger partial charge on any atom is 0.243 e. The van der Waals surface area contributed by atoms with Crippen molar-refractivity contribution in [2.75, 3.05) is 19.7 Å². The lowest BCUT2D eigenvalue weighted by Crippen LogP contribution is -2.47. The van der Waals surface area contributed by atoms with E-state index >= 15 is 0 Å². The van der Waals surface area contributed by atoms with E-state index in [9.17, 15) is 13.2 Å². The molecule has 1 aromatic rings. The molecule has 3 rings (SSSR count). The van der Waals surface area contributed by atoms with Gasteiger partial charge in [0.2, 0.25) is 15.9 Å². The molecular formula is C17H24N2O4S. The molecule has 1 amide bonds. The summed E-state index contributed by atoms with van der Waals surface area (Å²) >= 11 is 0. The van der Waals surface area contributed by atoms with E-state index in [1.54, 1.807) is 24.3 Å². The molecule has 0 bridgehead atoms. The number of hydrogen-bond donors (Lipinski definition) is 1. The number of sulfonamides is 1. The Morgan fingerprint density at radius 1 is 1.25 bits per heavy atom. The number of nitrogens with zero attached hydrogens (tertiary/aromatic N) is 1. The van der Waals surface area contributed by atoms with Crippen molar-refractivity contribution in [3.8, 4) is 0 Å². The number of hydrogen-bond acceptors (Lipinski definition) is 4. The van der Waals surface area contributed by atoms with Crippen molar-refractivity contribution >= 4 is 15.9 Å². The average molecular weight is 352 g/mol. The Hall–Kier alpha value is -1.44. The fourth-order valence-corrected chi connectivity index (χ4v) is 4.93. The fourth-order valence-electron chi connectivity index (χ4n) is 3.27. The van der Waals surface area contributed by atoms with Crippen LogP contribution in [0, 0.1) is 6.92 Å². The Morgan fingerprint density at radius 3 is 2.67 bits per heavy atom. The maximum atomic E-state index is 12.8. The van der Waals surface area contributed by atoms with Crippen LogP contribution in [0.1, 0.15) is 31.2 Å². The normalized spacial score (nSPS) is 25.0. The van der Waals surface area contributed by atoms with Crippen LogP contribution in [0.15, 0.2) is 29.2 Å². The first-order valence-corrected chi connectivity index (χ1v) is 9.90. The monoisotopic (exact) mass is 352 g/mol. The van der Waals surface area contributed by atoms with Crippen molar-refractivity contribution < 1.29 is 17.9 Å². The number of carbonyl (C=O) groups excluding carboxylic acids is 1. The van der Waals surface area contributed by atoms with Crippen LogP contribution in [0.4, 0.5) is 0 Å². The molecule has 0 saturated carbocycles. The van der Waals surface area contributed by atoms with Crippen molar-refractivity contribution in [1.29, 1.82) is 0 Å². The Morgan fingerprint density at radius 2 is 2.00 bits per heavy atom. The summed E-state index contributed by atoms with van der Waals surface area (Å²) in [5, 5.41) is 2.86. The highest BCUT2D eigenvalue weighted by Gasteiger charge is 2.39. The van der Waals surface area contributed by atoms with E-state index in [4.69, 9.17) is 4.74 Å². The standard InChI is InChI=1S/C17H24N2O4S/c1-13-6-8-15(9-7-13)24(21,22)19-10-2-5-16(19)17(20)18-12-14-4-3-11-23-14/h6-9,14,16H,2-5,10-12H2,1H3,(H,18,20)/t14-,16+/m0/s1. The van der Waals surface area contributed by atoms with E-state index in [0.29, 0.717) is 25.9 Å². The smallest absolute Gasteiger partial charge is 0.243 e. The number of nitrogens with one attached hydrogen (secondary N) is 1. The molecule has 0 radical (unpaired) electrons. The number of rotatable bonds is 5. The molecule has 2 fully saturated rings. The van der Waals surface area contributed by atoms with Crippen LogP contribution in [0.5, 0.6) is 0 Å². The second-order valence-corrected chi connectivity index (χ2v) is 8.36. The minimum absolute atomic E-state index is 0.0532. The second-order valence-electron chi connectivity index (χ2n) is 6.47. The summed E-state index contributed by atoms with van der Waals surface area (Å²) in [6.07, 6.45) is 3.26. The molecule has 0 spiro atoms. The highest BCUT2D eigenvalue weighted by molar-refractivity contribution is 7.89. The summed E-state index contributed by atoms with van der Waals surface area (Å²) in [5.41, 5.74) is 1.00. The first kappa shape index (κ1) is 17.4. The van der Waals surface area contributed by atoms with Gasteiger partial charge in [-0.2, -0.15) is 4.31 Å². The van der Waals surface area contributed by atoms with Gasteiger partial charge in [-0.15, -0.1) is 0 Å². The summed E-state index contributed by atoms with van der Waals surface area (Å²) in [6.45, 7) is 3.48. The third-order valence-electron chi connectivity index (χ3n) is 4.66. The van der Waals surface area contributed by atoms with E-state index in [1.807, 2.05) is 6.92 Å². The lowest BCUT2D eigenvalue weighted by molar-refractivity contribution is -0.124. The van der Waals surface area contributed by atoms with Gasteiger partial charge < -0.3 is 10.1 Å². The van der Waals surface area contributed by atoms with Gasteiger partial charge in [-0.1, -0.05) is 17.7 Å². The molecule has 132 valence electrons. The lowest BCUT2D eigenvalue weighted by atomic mass is 10.2. The van der Waals surface area contributed by atoms with E-state index in [2.05, 4.69) is 5.32 Å². The third-order valence-corrected chi connectivity index (χ3v) is 6.58. The molecule has 2 aliphatic heterocycles. The summed E-state index contributed by atoms with van der Waals surface area (Å²) in [5.74, 6) is -0.223. The van der Waals surface area contributed by atoms with E-state index in [-0.39, 0.29) is 16.9 Å². The van der Waals surface area contributed by atoms with Crippen LogP contribution in [-0.4, -0.2) is 50.5 Å². The molecule has 1 N–H and O–H groups in total. The third kappa shape index (κ3) is 3.63. The van der Waals surface area contributed by atoms with Crippen LogP contribution in [0.3, 0.4) is 0 Å². The molecule has 0 aromatic heterocycles. The molecule has 2 heterocycles. The molecule has 2 aliphatic rings. The summed E-state index contributed by atoms with van der Waals surface area (Å²) < 4.78 is 32.5. The van der Waals surface area contributed by atoms with Gasteiger partial charge in [-0.3, -0.25) is 4.79 Å². The van der Waals surface area contributed by atoms with Gasteiger partial charge >= 0.3 is 0 Å². The molecule has 0 unspecified atom stereocenters. The van der Waals surface area contributed by atoms with Gasteiger partial charge in [0.1, 0.15) is 6.04 Å². The Balaban J connectivity index is 1.69. The molecule has 24 heavy (non-hydrogen) atoms. The maximum absolute atomic E-state index is 12.8. The fraction of sp³-hybridized carbons (Fsp3) is 0.588. The van der Waals surface area contributed by atoms with E-state index < -0.39 is 16.1 Å². The highest BCUT2D eigenvalue weighted by Crippen LogP contribution is 2.26. The number of aryl methyl sites for hydroxylation is 1. The SMILES string of the molecule is Cc1ccc(S(=O)(=O)N2CCC[C@@H]2C(=O)NC[C@@H]2CCCO2)cc1. The van der Waals surface area contributed by atoms with Gasteiger partial charge in [0, 0.05) is 19.7 Å². The van der Waals surface area contributed by atoms with Gasteiger partial charge in [0.05, 0.1) is 11.0 Å². The first-order valence-electron chi connectivity index (χ1n) is 8.46. The molecule has 0 aliphatic carbocycles. The minimum Gasteiger partial charge on any atom is -0.376 e. The molecular weight excluding hydrogens is 328 g/mol. The number of carbonyl (C=O) groups is 1. The van der Waals surface area contributed by atoms with Crippen LogP contribution < -0.4 is 5.32 Å². The van der Waals surface area contributed by atoms with E-state index in [0.717, 1.165) is 25.0 Å². The van der Waals surface area contributed by atoms with Gasteiger partial charge in [0.25, 0.3) is 0 Å². The number of amides is 1. The quantitative estimate of drug-likeness (QED) is 0.870. The molecule has 2 atom stereocenters. The van der Waals surface area contributed by atoms with Crippen molar-refractivity contribution in [3.63, 3.8) is 0 Å². The lowest BCUT2D eigenvalue weighted by Gasteiger charge is -2.24. The highest BCUT2D eigenvalue weighted by atomic mass is 32.2. The van der Waals surface area contributed by atoms with Gasteiger partial charge in [-0.05, 0) is 44.7 Å².